The van der Waals surface area contributed by atoms with Crippen molar-refractivity contribution in [1.82, 2.24) is 10.2 Å². The predicted molar refractivity (Wildman–Crippen MR) is 111 cm³/mol. The molecule has 0 saturated carbocycles. The zero-order valence-electron chi connectivity index (χ0n) is 16.9. The highest BCUT2D eigenvalue weighted by Crippen LogP contribution is 2.26. The number of benzene rings is 1. The van der Waals surface area contributed by atoms with Crippen LogP contribution in [0.4, 0.5) is 0 Å². The topological polar surface area (TPSA) is 75.7 Å². The van der Waals surface area contributed by atoms with Gasteiger partial charge in [0.15, 0.2) is 11.2 Å². The summed E-state index contributed by atoms with van der Waals surface area (Å²) in [4.78, 5) is 27.5. The van der Waals surface area contributed by atoms with Gasteiger partial charge in [-0.15, -0.1) is 0 Å². The molecule has 1 unspecified atom stereocenters. The minimum atomic E-state index is -0.394. The molecule has 29 heavy (non-hydrogen) atoms. The summed E-state index contributed by atoms with van der Waals surface area (Å²) < 4.78 is 11.6. The lowest BCUT2D eigenvalue weighted by atomic mass is 10.1. The highest BCUT2D eigenvalue weighted by Gasteiger charge is 2.26. The summed E-state index contributed by atoms with van der Waals surface area (Å²) in [6.45, 7) is 6.17. The second kappa shape index (κ2) is 8.25. The average molecular weight is 394 g/mol. The normalized spacial score (nSPS) is 16.1. The zero-order valence-corrected chi connectivity index (χ0v) is 16.9. The van der Waals surface area contributed by atoms with E-state index < -0.39 is 5.91 Å². The third-order valence-electron chi connectivity index (χ3n) is 5.48. The summed E-state index contributed by atoms with van der Waals surface area (Å²) >= 11 is 0. The number of aryl methyl sites for hydroxylation is 2. The number of likely N-dealkylation sites (tertiary alicyclic amines) is 1. The number of furan rings is 1. The van der Waals surface area contributed by atoms with Crippen molar-refractivity contribution in [3.05, 3.63) is 69.5 Å². The van der Waals surface area contributed by atoms with Gasteiger partial charge in [-0.05, 0) is 64.0 Å². The van der Waals surface area contributed by atoms with E-state index >= 15 is 0 Å². The van der Waals surface area contributed by atoms with Crippen molar-refractivity contribution in [2.45, 2.75) is 39.2 Å². The number of nitrogens with one attached hydrogen (secondary N) is 1. The van der Waals surface area contributed by atoms with Crippen LogP contribution < -0.4 is 10.7 Å². The van der Waals surface area contributed by atoms with Gasteiger partial charge in [-0.1, -0.05) is 18.1 Å². The van der Waals surface area contributed by atoms with E-state index in [0.717, 1.165) is 43.0 Å². The first kappa shape index (κ1) is 19.5. The third-order valence-corrected chi connectivity index (χ3v) is 5.48. The van der Waals surface area contributed by atoms with Gasteiger partial charge in [0, 0.05) is 12.6 Å². The van der Waals surface area contributed by atoms with Gasteiger partial charge in [0.25, 0.3) is 5.91 Å². The third kappa shape index (κ3) is 4.27. The molecule has 1 atom stereocenters. The molecule has 3 heterocycles. The highest BCUT2D eigenvalue weighted by molar-refractivity contribution is 5.93. The van der Waals surface area contributed by atoms with Crippen molar-refractivity contribution in [2.75, 3.05) is 19.6 Å². The number of carbonyl (C=O) groups excluding carboxylic acids is 1. The summed E-state index contributed by atoms with van der Waals surface area (Å²) in [7, 11) is 0. The Labute approximate surface area is 169 Å². The fraction of sp³-hybridized carbons (Fsp3) is 0.391. The van der Waals surface area contributed by atoms with Gasteiger partial charge >= 0.3 is 0 Å². The number of fused-ring (bicyclic) bond motifs is 1. The Morgan fingerprint density at radius 2 is 1.86 bits per heavy atom. The number of rotatable bonds is 5. The molecule has 1 fully saturated rings. The van der Waals surface area contributed by atoms with Crippen LogP contribution >= 0.6 is 0 Å². The smallest absolute Gasteiger partial charge is 0.287 e. The summed E-state index contributed by atoms with van der Waals surface area (Å²) in [5.41, 5.74) is 1.18. The van der Waals surface area contributed by atoms with Crippen molar-refractivity contribution >= 4 is 16.9 Å². The number of hydrogen-bond donors (Lipinski definition) is 1. The van der Waals surface area contributed by atoms with Gasteiger partial charge < -0.3 is 14.2 Å². The lowest BCUT2D eigenvalue weighted by Crippen LogP contribution is -2.40. The number of amides is 1. The average Bonchev–Trinajstić information content (AvgIpc) is 3.15. The van der Waals surface area contributed by atoms with Crippen LogP contribution in [0.5, 0.6) is 0 Å². The first-order valence-corrected chi connectivity index (χ1v) is 10.1. The van der Waals surface area contributed by atoms with E-state index in [1.165, 1.54) is 12.5 Å². The standard InChI is InChI=1S/C23H26N2O4/c1-15-6-8-20-17(12-15)19(26)13-22(29-20)23(27)24-14-18(21-9-7-16(2)28-21)25-10-4-3-5-11-25/h6-9,12-13,18H,3-5,10-11,14H2,1-2H3,(H,24,27). The molecular weight excluding hydrogens is 368 g/mol. The predicted octanol–water partition coefficient (Wildman–Crippen LogP) is 3.96. The molecule has 1 saturated heterocycles. The zero-order chi connectivity index (χ0) is 20.4. The fourth-order valence-corrected chi connectivity index (χ4v) is 3.93. The maximum Gasteiger partial charge on any atom is 0.287 e. The van der Waals surface area contributed by atoms with E-state index in [9.17, 15) is 9.59 Å². The number of piperidine rings is 1. The first-order valence-electron chi connectivity index (χ1n) is 10.1. The Hall–Kier alpha value is -2.86. The van der Waals surface area contributed by atoms with Gasteiger partial charge in [0.2, 0.25) is 0 Å². The molecule has 2 aromatic heterocycles. The van der Waals surface area contributed by atoms with Crippen molar-refractivity contribution in [2.24, 2.45) is 0 Å². The highest BCUT2D eigenvalue weighted by atomic mass is 16.3. The Kier molecular flexibility index (Phi) is 5.53. The minimum Gasteiger partial charge on any atom is -0.465 e. The van der Waals surface area contributed by atoms with Crippen LogP contribution in [0.2, 0.25) is 0 Å². The van der Waals surface area contributed by atoms with E-state index in [0.29, 0.717) is 17.5 Å². The molecule has 0 spiro atoms. The largest absolute Gasteiger partial charge is 0.465 e. The quantitative estimate of drug-likeness (QED) is 0.709. The van der Waals surface area contributed by atoms with Crippen molar-refractivity contribution in [3.63, 3.8) is 0 Å². The van der Waals surface area contributed by atoms with Gasteiger partial charge in [-0.2, -0.15) is 0 Å². The Morgan fingerprint density at radius 3 is 2.59 bits per heavy atom. The lowest BCUT2D eigenvalue weighted by Gasteiger charge is -2.33. The van der Waals surface area contributed by atoms with Crippen LogP contribution in [0.3, 0.4) is 0 Å². The van der Waals surface area contributed by atoms with Gasteiger partial charge in [-0.25, -0.2) is 0 Å². The van der Waals surface area contributed by atoms with Gasteiger partial charge in [0.1, 0.15) is 17.1 Å². The molecule has 1 aliphatic rings. The van der Waals surface area contributed by atoms with Gasteiger partial charge in [-0.3, -0.25) is 14.5 Å². The number of hydrogen-bond acceptors (Lipinski definition) is 5. The van der Waals surface area contributed by atoms with Crippen molar-refractivity contribution in [1.29, 1.82) is 0 Å². The fourth-order valence-electron chi connectivity index (χ4n) is 3.93. The number of carbonyl (C=O) groups is 1. The second-order valence-electron chi connectivity index (χ2n) is 7.75. The van der Waals surface area contributed by atoms with E-state index in [1.54, 1.807) is 12.1 Å². The van der Waals surface area contributed by atoms with E-state index in [4.69, 9.17) is 8.83 Å². The Balaban J connectivity index is 1.54. The van der Waals surface area contributed by atoms with Gasteiger partial charge in [0.05, 0.1) is 11.4 Å². The van der Waals surface area contributed by atoms with Crippen LogP contribution in [0.15, 0.2) is 50.0 Å². The monoisotopic (exact) mass is 394 g/mol. The van der Waals surface area contributed by atoms with Crippen LogP contribution in [0, 0.1) is 13.8 Å². The van der Waals surface area contributed by atoms with Crippen LogP contribution in [0.1, 0.15) is 52.9 Å². The summed E-state index contributed by atoms with van der Waals surface area (Å²) in [5, 5.41) is 3.42. The molecule has 6 heteroatoms. The molecule has 0 bridgehead atoms. The molecule has 1 N–H and O–H groups in total. The van der Waals surface area contributed by atoms with Crippen molar-refractivity contribution < 1.29 is 13.6 Å². The molecule has 0 radical (unpaired) electrons. The first-order chi connectivity index (χ1) is 14.0. The molecular formula is C23H26N2O4. The summed E-state index contributed by atoms with van der Waals surface area (Å²) in [6.07, 6.45) is 3.51. The summed E-state index contributed by atoms with van der Waals surface area (Å²) in [5.74, 6) is 1.33. The molecule has 6 nitrogen and oxygen atoms in total. The van der Waals surface area contributed by atoms with E-state index in [-0.39, 0.29) is 17.2 Å². The lowest BCUT2D eigenvalue weighted by molar-refractivity contribution is 0.0887. The molecule has 152 valence electrons. The maximum atomic E-state index is 12.7. The molecule has 1 aliphatic heterocycles. The number of nitrogens with zero attached hydrogens (tertiary/aromatic N) is 1. The summed E-state index contributed by atoms with van der Waals surface area (Å²) in [6, 6.07) is 10.5. The Bertz CT molecular complexity index is 1080. The van der Waals surface area contributed by atoms with Crippen LogP contribution in [0.25, 0.3) is 11.0 Å². The van der Waals surface area contributed by atoms with Crippen molar-refractivity contribution in [3.8, 4) is 0 Å². The molecule has 4 rings (SSSR count). The van der Waals surface area contributed by atoms with Crippen LogP contribution in [-0.2, 0) is 0 Å². The maximum absolute atomic E-state index is 12.7. The van der Waals surface area contributed by atoms with E-state index in [1.807, 2.05) is 32.0 Å². The van der Waals surface area contributed by atoms with E-state index in [2.05, 4.69) is 10.2 Å². The molecule has 1 amide bonds. The molecule has 3 aromatic rings. The second-order valence-corrected chi connectivity index (χ2v) is 7.75. The van der Waals surface area contributed by atoms with Crippen LogP contribution in [-0.4, -0.2) is 30.4 Å². The molecule has 1 aromatic carbocycles. The Morgan fingerprint density at radius 1 is 1.07 bits per heavy atom. The molecule has 0 aliphatic carbocycles. The minimum absolute atomic E-state index is 0.0272. The SMILES string of the molecule is Cc1ccc2oc(C(=O)NCC(c3ccc(C)o3)N3CCCCC3)cc(=O)c2c1.